The van der Waals surface area contributed by atoms with Gasteiger partial charge in [0.1, 0.15) is 13.2 Å². The molecule has 1 atom stereocenters. The largest absolute Gasteiger partial charge is 0.462 e. The normalized spacial score (nSPS) is 12.4. The van der Waals surface area contributed by atoms with Gasteiger partial charge >= 0.3 is 17.9 Å². The van der Waals surface area contributed by atoms with Gasteiger partial charge in [0.25, 0.3) is 0 Å². The monoisotopic (exact) mass is 883 g/mol. The lowest BCUT2D eigenvalue weighted by Crippen LogP contribution is -2.30. The van der Waals surface area contributed by atoms with Crippen LogP contribution in [0.2, 0.25) is 0 Å². The van der Waals surface area contributed by atoms with Gasteiger partial charge in [0, 0.05) is 19.3 Å². The topological polar surface area (TPSA) is 78.9 Å². The van der Waals surface area contributed by atoms with Gasteiger partial charge in [-0.3, -0.25) is 14.4 Å². The van der Waals surface area contributed by atoms with E-state index >= 15 is 0 Å². The SMILES string of the molecule is CCCCCCCCC/C=C\C=C/CCCCCC(=O)OCC(COC(=O)CCCCCCCCCCCCCCC)OC(=O)CCCCC/C=C\C=C/CCCCCCCCC. The standard InChI is InChI=1S/C57H102O6/c1-4-7-10-13-16-19-22-25-27-29-32-35-38-41-44-47-50-56(59)62-53-54(52-61-55(58)49-46-43-40-37-34-31-24-21-18-15-12-9-6-3)63-57(60)51-48-45-42-39-36-33-30-28-26-23-20-17-14-11-8-5-2/h27-30,32-33,35-36,54H,4-26,31,34,37-53H2,1-3H3/b29-27-,30-28-,35-32-,36-33-. The molecule has 0 aromatic rings. The van der Waals surface area contributed by atoms with Crippen molar-refractivity contribution in [2.75, 3.05) is 13.2 Å². The van der Waals surface area contributed by atoms with Crippen LogP contribution in [0.25, 0.3) is 0 Å². The van der Waals surface area contributed by atoms with Gasteiger partial charge in [0.05, 0.1) is 0 Å². The molecule has 0 aromatic heterocycles. The molecule has 0 radical (unpaired) electrons. The number of hydrogen-bond donors (Lipinski definition) is 0. The maximum absolute atomic E-state index is 12.8. The predicted molar refractivity (Wildman–Crippen MR) is 270 cm³/mol. The van der Waals surface area contributed by atoms with Crippen molar-refractivity contribution >= 4 is 17.9 Å². The third-order valence-electron chi connectivity index (χ3n) is 11.9. The summed E-state index contributed by atoms with van der Waals surface area (Å²) in [5, 5.41) is 0. The molecular weight excluding hydrogens is 781 g/mol. The van der Waals surface area contributed by atoms with Crippen molar-refractivity contribution in [1.29, 1.82) is 0 Å². The van der Waals surface area contributed by atoms with Gasteiger partial charge in [-0.15, -0.1) is 0 Å². The second-order valence-electron chi connectivity index (χ2n) is 18.2. The van der Waals surface area contributed by atoms with Crippen LogP contribution in [0, 0.1) is 0 Å². The summed E-state index contributed by atoms with van der Waals surface area (Å²) in [7, 11) is 0. The van der Waals surface area contributed by atoms with E-state index < -0.39 is 6.10 Å². The van der Waals surface area contributed by atoms with Crippen molar-refractivity contribution in [2.24, 2.45) is 0 Å². The van der Waals surface area contributed by atoms with Crippen LogP contribution in [-0.4, -0.2) is 37.2 Å². The van der Waals surface area contributed by atoms with Crippen LogP contribution in [0.3, 0.4) is 0 Å². The molecule has 6 heteroatoms. The number of carbonyl (C=O) groups excluding carboxylic acids is 3. The molecule has 0 aliphatic rings. The van der Waals surface area contributed by atoms with Gasteiger partial charge in [-0.1, -0.05) is 236 Å². The molecule has 63 heavy (non-hydrogen) atoms. The van der Waals surface area contributed by atoms with Gasteiger partial charge in [-0.25, -0.2) is 0 Å². The lowest BCUT2D eigenvalue weighted by molar-refractivity contribution is -0.167. The van der Waals surface area contributed by atoms with Gasteiger partial charge in [0.2, 0.25) is 0 Å². The first-order valence-electron chi connectivity index (χ1n) is 27.2. The van der Waals surface area contributed by atoms with Crippen molar-refractivity contribution in [2.45, 2.75) is 284 Å². The van der Waals surface area contributed by atoms with Crippen molar-refractivity contribution in [1.82, 2.24) is 0 Å². The number of unbranched alkanes of at least 4 members (excludes halogenated alkanes) is 32. The molecule has 1 unspecified atom stereocenters. The summed E-state index contributed by atoms with van der Waals surface area (Å²) in [6.45, 7) is 6.60. The molecule has 0 heterocycles. The number of ether oxygens (including phenoxy) is 3. The molecule has 0 N–H and O–H groups in total. The maximum Gasteiger partial charge on any atom is 0.306 e. The molecule has 0 aliphatic heterocycles. The van der Waals surface area contributed by atoms with E-state index in [1.807, 2.05) is 0 Å². The van der Waals surface area contributed by atoms with Gasteiger partial charge in [-0.05, 0) is 70.6 Å². The molecule has 0 saturated carbocycles. The maximum atomic E-state index is 12.8. The lowest BCUT2D eigenvalue weighted by Gasteiger charge is -2.18. The second-order valence-corrected chi connectivity index (χ2v) is 18.2. The number of esters is 3. The van der Waals surface area contributed by atoms with E-state index in [4.69, 9.17) is 14.2 Å². The zero-order valence-electron chi connectivity index (χ0n) is 41.8. The van der Waals surface area contributed by atoms with Gasteiger partial charge in [-0.2, -0.15) is 0 Å². The Labute approximate surface area is 390 Å². The van der Waals surface area contributed by atoms with E-state index in [0.29, 0.717) is 19.3 Å². The summed E-state index contributed by atoms with van der Waals surface area (Å²) in [6, 6.07) is 0. The summed E-state index contributed by atoms with van der Waals surface area (Å²) < 4.78 is 16.8. The smallest absolute Gasteiger partial charge is 0.306 e. The van der Waals surface area contributed by atoms with Crippen LogP contribution in [0.15, 0.2) is 48.6 Å². The van der Waals surface area contributed by atoms with E-state index in [9.17, 15) is 14.4 Å². The van der Waals surface area contributed by atoms with Crippen LogP contribution >= 0.6 is 0 Å². The minimum atomic E-state index is -0.795. The molecule has 6 nitrogen and oxygen atoms in total. The van der Waals surface area contributed by atoms with Crippen molar-refractivity contribution in [3.8, 4) is 0 Å². The Bertz CT molecular complexity index is 1110. The zero-order chi connectivity index (χ0) is 45.8. The fraction of sp³-hybridized carbons (Fsp3) is 0.807. The van der Waals surface area contributed by atoms with Crippen LogP contribution < -0.4 is 0 Å². The van der Waals surface area contributed by atoms with Crippen molar-refractivity contribution < 1.29 is 28.6 Å². The number of hydrogen-bond acceptors (Lipinski definition) is 6. The summed E-state index contributed by atoms with van der Waals surface area (Å²) in [4.78, 5) is 38.0. The van der Waals surface area contributed by atoms with Crippen molar-refractivity contribution in [3.05, 3.63) is 48.6 Å². The molecule has 0 bridgehead atoms. The molecule has 0 aliphatic carbocycles. The third-order valence-corrected chi connectivity index (χ3v) is 11.9. The van der Waals surface area contributed by atoms with Crippen LogP contribution in [0.5, 0.6) is 0 Å². The Kier molecular flexibility index (Phi) is 49.8. The third kappa shape index (κ3) is 50.2. The molecule has 0 aromatic carbocycles. The molecule has 0 rings (SSSR count). The highest BCUT2D eigenvalue weighted by molar-refractivity contribution is 5.71. The van der Waals surface area contributed by atoms with Crippen LogP contribution in [-0.2, 0) is 28.6 Å². The summed E-state index contributed by atoms with van der Waals surface area (Å²) >= 11 is 0. The number of allylic oxidation sites excluding steroid dienone is 8. The molecule has 366 valence electrons. The fourth-order valence-corrected chi connectivity index (χ4v) is 7.72. The predicted octanol–water partition coefficient (Wildman–Crippen LogP) is 17.9. The fourth-order valence-electron chi connectivity index (χ4n) is 7.72. The van der Waals surface area contributed by atoms with E-state index in [1.54, 1.807) is 0 Å². The highest BCUT2D eigenvalue weighted by atomic mass is 16.6. The first-order chi connectivity index (χ1) is 31.0. The molecular formula is C57H102O6. The average molecular weight is 883 g/mol. The van der Waals surface area contributed by atoms with Gasteiger partial charge < -0.3 is 14.2 Å². The van der Waals surface area contributed by atoms with Crippen LogP contribution in [0.1, 0.15) is 278 Å². The molecule has 0 fully saturated rings. The highest BCUT2D eigenvalue weighted by Gasteiger charge is 2.19. The Morgan fingerprint density at radius 3 is 0.857 bits per heavy atom. The van der Waals surface area contributed by atoms with Crippen molar-refractivity contribution in [3.63, 3.8) is 0 Å². The Balaban J connectivity index is 4.45. The Morgan fingerprint density at radius 1 is 0.317 bits per heavy atom. The second kappa shape index (κ2) is 52.0. The minimum Gasteiger partial charge on any atom is -0.462 e. The van der Waals surface area contributed by atoms with E-state index in [2.05, 4.69) is 69.4 Å². The lowest BCUT2D eigenvalue weighted by atomic mass is 10.0. The zero-order valence-corrected chi connectivity index (χ0v) is 41.8. The molecule has 0 saturated heterocycles. The van der Waals surface area contributed by atoms with Crippen LogP contribution in [0.4, 0.5) is 0 Å². The molecule has 0 spiro atoms. The average Bonchev–Trinajstić information content (AvgIpc) is 3.28. The number of carbonyl (C=O) groups is 3. The summed E-state index contributed by atoms with van der Waals surface area (Å²) in [6.07, 6.45) is 62.4. The highest BCUT2D eigenvalue weighted by Crippen LogP contribution is 2.15. The summed E-state index contributed by atoms with van der Waals surface area (Å²) in [5.74, 6) is -0.934. The van der Waals surface area contributed by atoms with E-state index in [1.165, 1.54) is 154 Å². The first-order valence-corrected chi connectivity index (χ1v) is 27.2. The first kappa shape index (κ1) is 60.4. The van der Waals surface area contributed by atoms with Gasteiger partial charge in [0.15, 0.2) is 6.10 Å². The number of rotatable bonds is 49. The minimum absolute atomic E-state index is 0.0899. The van der Waals surface area contributed by atoms with E-state index in [-0.39, 0.29) is 31.1 Å². The van der Waals surface area contributed by atoms with E-state index in [0.717, 1.165) is 83.5 Å². The Hall–Kier alpha value is -2.63. The summed E-state index contributed by atoms with van der Waals surface area (Å²) in [5.41, 5.74) is 0. The Morgan fingerprint density at radius 2 is 0.556 bits per heavy atom. The quantitative estimate of drug-likeness (QED) is 0.0262. The molecule has 0 amide bonds.